The first-order chi connectivity index (χ1) is 13.1. The first kappa shape index (κ1) is 19.1. The number of benzene rings is 2. The summed E-state index contributed by atoms with van der Waals surface area (Å²) in [4.78, 5) is 4.33. The van der Waals surface area contributed by atoms with Gasteiger partial charge in [-0.15, -0.1) is 0 Å². The van der Waals surface area contributed by atoms with Gasteiger partial charge in [0.1, 0.15) is 5.75 Å². The van der Waals surface area contributed by atoms with Crippen LogP contribution in [-0.2, 0) is 10.0 Å². The van der Waals surface area contributed by atoms with Crippen LogP contribution in [0.2, 0.25) is 0 Å². The molecule has 0 saturated carbocycles. The van der Waals surface area contributed by atoms with Crippen LogP contribution in [-0.4, -0.2) is 31.1 Å². The number of ether oxygens (including phenoxy) is 1. The number of hydrogen-bond donors (Lipinski definition) is 1. The Morgan fingerprint density at radius 2 is 1.74 bits per heavy atom. The zero-order valence-electron chi connectivity index (χ0n) is 15.0. The molecule has 0 spiro atoms. The van der Waals surface area contributed by atoms with Gasteiger partial charge in [-0.2, -0.15) is 0 Å². The molecule has 0 unspecified atom stereocenters. The lowest BCUT2D eigenvalue weighted by Gasteiger charge is -2.08. The average molecular weight is 385 g/mol. The topological polar surface area (TPSA) is 73.2 Å². The molecule has 0 radical (unpaired) electrons. The van der Waals surface area contributed by atoms with Crippen LogP contribution in [0.4, 0.5) is 0 Å². The average Bonchev–Trinajstić information content (AvgIpc) is 3.23. The van der Waals surface area contributed by atoms with Gasteiger partial charge in [0.05, 0.1) is 17.8 Å². The van der Waals surface area contributed by atoms with Gasteiger partial charge in [-0.05, 0) is 55.7 Å². The minimum absolute atomic E-state index is 0.299. The molecular weight excluding hydrogens is 362 g/mol. The van der Waals surface area contributed by atoms with Gasteiger partial charge >= 0.3 is 0 Å². The molecule has 3 rings (SSSR count). The number of unbranched alkanes of at least 4 members (excludes halogenated alkanes) is 2. The summed E-state index contributed by atoms with van der Waals surface area (Å²) in [5.41, 5.74) is 1.03. The lowest BCUT2D eigenvalue weighted by molar-refractivity contribution is 0.305. The van der Waals surface area contributed by atoms with Crippen molar-refractivity contribution < 1.29 is 13.2 Å². The van der Waals surface area contributed by atoms with Crippen molar-refractivity contribution in [2.24, 2.45) is 0 Å². The van der Waals surface area contributed by atoms with Crippen LogP contribution >= 0.6 is 0 Å². The number of hydrogen-bond acceptors (Lipinski definition) is 4. The Morgan fingerprint density at radius 1 is 0.963 bits per heavy atom. The first-order valence-corrected chi connectivity index (χ1v) is 10.4. The van der Waals surface area contributed by atoms with Crippen molar-refractivity contribution >= 4 is 10.0 Å². The second-order valence-corrected chi connectivity index (χ2v) is 7.85. The molecule has 0 saturated heterocycles. The molecule has 27 heavy (non-hydrogen) atoms. The van der Waals surface area contributed by atoms with E-state index in [2.05, 4.69) is 9.71 Å². The van der Waals surface area contributed by atoms with Gasteiger partial charge < -0.3 is 9.30 Å². The minimum Gasteiger partial charge on any atom is -0.494 e. The van der Waals surface area contributed by atoms with Crippen LogP contribution in [0.25, 0.3) is 5.69 Å². The molecule has 0 aliphatic carbocycles. The normalized spacial score (nSPS) is 11.4. The molecule has 1 aromatic heterocycles. The lowest BCUT2D eigenvalue weighted by Crippen LogP contribution is -2.24. The Labute approximate surface area is 159 Å². The van der Waals surface area contributed by atoms with E-state index in [4.69, 9.17) is 4.74 Å². The molecule has 0 atom stereocenters. The summed E-state index contributed by atoms with van der Waals surface area (Å²) in [6, 6.07) is 16.2. The SMILES string of the molecule is O=S(=O)(NCCCCCOc1ccc(-n2ccnc2)cc1)c1ccccc1. The van der Waals surface area contributed by atoms with E-state index in [-0.39, 0.29) is 0 Å². The molecule has 2 aromatic carbocycles. The number of nitrogens with zero attached hydrogens (tertiary/aromatic N) is 2. The number of rotatable bonds is 10. The number of nitrogens with one attached hydrogen (secondary N) is 1. The van der Waals surface area contributed by atoms with E-state index >= 15 is 0 Å². The number of aromatic nitrogens is 2. The molecular formula is C20H23N3O3S. The fourth-order valence-electron chi connectivity index (χ4n) is 2.61. The fourth-order valence-corrected chi connectivity index (χ4v) is 3.70. The zero-order valence-corrected chi connectivity index (χ0v) is 15.8. The zero-order chi connectivity index (χ0) is 19.0. The molecule has 0 aliphatic rings. The van der Waals surface area contributed by atoms with E-state index < -0.39 is 10.0 Å². The van der Waals surface area contributed by atoms with Gasteiger partial charge in [0.15, 0.2) is 0 Å². The van der Waals surface area contributed by atoms with Crippen LogP contribution in [0.5, 0.6) is 5.75 Å². The number of imidazole rings is 1. The summed E-state index contributed by atoms with van der Waals surface area (Å²) in [5.74, 6) is 0.823. The van der Waals surface area contributed by atoms with Crippen molar-refractivity contribution in [3.63, 3.8) is 0 Å². The maximum Gasteiger partial charge on any atom is 0.240 e. The smallest absolute Gasteiger partial charge is 0.240 e. The molecule has 0 bridgehead atoms. The highest BCUT2D eigenvalue weighted by atomic mass is 32.2. The van der Waals surface area contributed by atoms with Gasteiger partial charge in [-0.1, -0.05) is 18.2 Å². The van der Waals surface area contributed by atoms with E-state index in [9.17, 15) is 8.42 Å². The molecule has 142 valence electrons. The summed E-state index contributed by atoms with van der Waals surface area (Å²) >= 11 is 0. The van der Waals surface area contributed by atoms with Crippen LogP contribution < -0.4 is 9.46 Å². The van der Waals surface area contributed by atoms with E-state index in [0.29, 0.717) is 18.0 Å². The molecule has 0 fully saturated rings. The monoisotopic (exact) mass is 385 g/mol. The summed E-state index contributed by atoms with van der Waals surface area (Å²) in [6.07, 6.45) is 7.92. The maximum atomic E-state index is 12.1. The summed E-state index contributed by atoms with van der Waals surface area (Å²) in [7, 11) is -3.41. The quantitative estimate of drug-likeness (QED) is 0.543. The molecule has 7 heteroatoms. The van der Waals surface area contributed by atoms with Gasteiger partial charge in [-0.3, -0.25) is 0 Å². The minimum atomic E-state index is -3.41. The molecule has 3 aromatic rings. The standard InChI is InChI=1S/C20H23N3O3S/c24-27(25,20-7-3-1-4-8-20)22-13-5-2-6-16-26-19-11-9-18(10-12-19)23-15-14-21-17-23/h1,3-4,7-12,14-15,17,22H,2,5-6,13,16H2. The van der Waals surface area contributed by atoms with Crippen LogP contribution in [0.1, 0.15) is 19.3 Å². The Bertz CT molecular complexity index is 909. The second-order valence-electron chi connectivity index (χ2n) is 6.08. The van der Waals surface area contributed by atoms with E-state index in [1.54, 1.807) is 42.9 Å². The predicted octanol–water partition coefficient (Wildman–Crippen LogP) is 3.40. The Hall–Kier alpha value is -2.64. The van der Waals surface area contributed by atoms with Gasteiger partial charge in [0, 0.05) is 24.6 Å². The summed E-state index contributed by atoms with van der Waals surface area (Å²) < 4.78 is 34.4. The third-order valence-electron chi connectivity index (χ3n) is 4.07. The van der Waals surface area contributed by atoms with Crippen LogP contribution in [0, 0.1) is 0 Å². The molecule has 0 aliphatic heterocycles. The van der Waals surface area contributed by atoms with Gasteiger partial charge in [0.25, 0.3) is 0 Å². The highest BCUT2D eigenvalue weighted by Crippen LogP contribution is 2.15. The Balaban J connectivity index is 1.32. The maximum absolute atomic E-state index is 12.1. The molecule has 6 nitrogen and oxygen atoms in total. The van der Waals surface area contributed by atoms with Crippen LogP contribution in [0.15, 0.2) is 78.2 Å². The largest absolute Gasteiger partial charge is 0.494 e. The first-order valence-electron chi connectivity index (χ1n) is 8.91. The lowest BCUT2D eigenvalue weighted by atomic mass is 10.2. The highest BCUT2D eigenvalue weighted by Gasteiger charge is 2.11. The van der Waals surface area contributed by atoms with Crippen molar-refractivity contribution in [1.29, 1.82) is 0 Å². The van der Waals surface area contributed by atoms with Gasteiger partial charge in [-0.25, -0.2) is 18.1 Å². The Kier molecular flexibility index (Phi) is 6.62. The van der Waals surface area contributed by atoms with E-state index in [1.165, 1.54) is 0 Å². The van der Waals surface area contributed by atoms with Crippen molar-refractivity contribution in [1.82, 2.24) is 14.3 Å². The van der Waals surface area contributed by atoms with Crippen molar-refractivity contribution in [3.8, 4) is 11.4 Å². The summed E-state index contributed by atoms with van der Waals surface area (Å²) in [6.45, 7) is 1.03. The fraction of sp³-hybridized carbons (Fsp3) is 0.250. The van der Waals surface area contributed by atoms with Crippen molar-refractivity contribution in [2.45, 2.75) is 24.2 Å². The molecule has 0 amide bonds. The van der Waals surface area contributed by atoms with E-state index in [0.717, 1.165) is 30.7 Å². The Morgan fingerprint density at radius 3 is 2.44 bits per heavy atom. The predicted molar refractivity (Wildman–Crippen MR) is 105 cm³/mol. The van der Waals surface area contributed by atoms with E-state index in [1.807, 2.05) is 35.0 Å². The number of sulfonamides is 1. The third kappa shape index (κ3) is 5.67. The third-order valence-corrected chi connectivity index (χ3v) is 5.55. The van der Waals surface area contributed by atoms with Gasteiger partial charge in [0.2, 0.25) is 10.0 Å². The highest BCUT2D eigenvalue weighted by molar-refractivity contribution is 7.89. The van der Waals surface area contributed by atoms with Crippen molar-refractivity contribution in [3.05, 3.63) is 73.3 Å². The summed E-state index contributed by atoms with van der Waals surface area (Å²) in [5, 5.41) is 0. The molecule has 1 N–H and O–H groups in total. The van der Waals surface area contributed by atoms with Crippen LogP contribution in [0.3, 0.4) is 0 Å². The molecule has 1 heterocycles. The second kappa shape index (κ2) is 9.34. The van der Waals surface area contributed by atoms with Crippen molar-refractivity contribution in [2.75, 3.05) is 13.2 Å².